The number of hydrogen-bond donors (Lipinski definition) is 1. The van der Waals surface area contributed by atoms with Gasteiger partial charge in [-0.15, -0.1) is 11.3 Å². The van der Waals surface area contributed by atoms with Crippen molar-refractivity contribution in [2.24, 2.45) is 0 Å². The van der Waals surface area contributed by atoms with Crippen LogP contribution < -0.4 is 5.32 Å². The molecule has 0 fully saturated rings. The first-order valence-electron chi connectivity index (χ1n) is 9.86. The molecule has 0 saturated heterocycles. The van der Waals surface area contributed by atoms with Gasteiger partial charge in [0.15, 0.2) is 0 Å². The Hall–Kier alpha value is -2.21. The number of thiophene rings is 1. The second-order valence-corrected chi connectivity index (χ2v) is 10.8. The van der Waals surface area contributed by atoms with Crippen molar-refractivity contribution in [3.8, 4) is 6.07 Å². The Balaban J connectivity index is 1.66. The molecule has 152 valence electrons. The number of anilines is 1. The van der Waals surface area contributed by atoms with Crippen molar-refractivity contribution in [1.29, 1.82) is 5.26 Å². The lowest BCUT2D eigenvalue weighted by Gasteiger charge is -2.34. The van der Waals surface area contributed by atoms with Gasteiger partial charge in [0.2, 0.25) is 15.9 Å². The summed E-state index contributed by atoms with van der Waals surface area (Å²) < 4.78 is 26.7. The van der Waals surface area contributed by atoms with Crippen molar-refractivity contribution >= 4 is 32.3 Å². The van der Waals surface area contributed by atoms with E-state index in [2.05, 4.69) is 11.4 Å². The van der Waals surface area contributed by atoms with E-state index in [-0.39, 0.29) is 18.2 Å². The van der Waals surface area contributed by atoms with Gasteiger partial charge in [-0.25, -0.2) is 8.42 Å². The van der Waals surface area contributed by atoms with Crippen molar-refractivity contribution in [2.75, 3.05) is 11.1 Å². The van der Waals surface area contributed by atoms with Gasteiger partial charge in [0.25, 0.3) is 0 Å². The van der Waals surface area contributed by atoms with Crippen molar-refractivity contribution in [3.63, 3.8) is 0 Å². The number of aryl methyl sites for hydroxylation is 1. The fraction of sp³-hybridized carbons (Fsp3) is 0.429. The number of fused-ring (bicyclic) bond motifs is 2. The summed E-state index contributed by atoms with van der Waals surface area (Å²) in [5.74, 6) is -0.429. The van der Waals surface area contributed by atoms with E-state index in [0.717, 1.165) is 47.3 Å². The van der Waals surface area contributed by atoms with Crippen LogP contribution in [0.4, 0.5) is 5.00 Å². The fourth-order valence-corrected chi connectivity index (χ4v) is 6.62. The average Bonchev–Trinajstić information content (AvgIpc) is 3.09. The molecule has 2 aromatic rings. The predicted octanol–water partition coefficient (Wildman–Crippen LogP) is 3.21. The molecule has 4 rings (SSSR count). The molecule has 0 saturated carbocycles. The largest absolute Gasteiger partial charge is 0.315 e. The van der Waals surface area contributed by atoms with E-state index in [9.17, 15) is 18.5 Å². The molecule has 2 aliphatic rings. The lowest BCUT2D eigenvalue weighted by molar-refractivity contribution is -0.120. The van der Waals surface area contributed by atoms with Crippen LogP contribution in [0.15, 0.2) is 24.3 Å². The van der Waals surface area contributed by atoms with E-state index < -0.39 is 16.1 Å². The van der Waals surface area contributed by atoms with Crippen molar-refractivity contribution in [2.45, 2.75) is 51.6 Å². The van der Waals surface area contributed by atoms with Gasteiger partial charge >= 0.3 is 0 Å². The minimum atomic E-state index is -3.56. The molecule has 1 aliphatic heterocycles. The maximum atomic E-state index is 13.2. The molecule has 0 spiro atoms. The molecule has 6 nitrogen and oxygen atoms in total. The Morgan fingerprint density at radius 2 is 2.00 bits per heavy atom. The molecule has 1 atom stereocenters. The SMILES string of the molecule is CCS(=O)(=O)N1Cc2ccccc2C[C@H]1C(=O)Nc1sc2c(c1C#N)CCCC2. The Morgan fingerprint density at radius 1 is 1.28 bits per heavy atom. The number of nitrogens with zero attached hydrogens (tertiary/aromatic N) is 2. The summed E-state index contributed by atoms with van der Waals surface area (Å²) in [5, 5.41) is 13.1. The quantitative estimate of drug-likeness (QED) is 0.808. The lowest BCUT2D eigenvalue weighted by Crippen LogP contribution is -2.51. The van der Waals surface area contributed by atoms with Crippen LogP contribution >= 0.6 is 11.3 Å². The summed E-state index contributed by atoms with van der Waals surface area (Å²) in [4.78, 5) is 14.4. The molecule has 1 amide bonds. The highest BCUT2D eigenvalue weighted by atomic mass is 32.2. The highest BCUT2D eigenvalue weighted by Gasteiger charge is 2.38. The summed E-state index contributed by atoms with van der Waals surface area (Å²) in [6.45, 7) is 1.78. The van der Waals surface area contributed by atoms with Gasteiger partial charge in [-0.3, -0.25) is 4.79 Å². The van der Waals surface area contributed by atoms with Crippen molar-refractivity contribution in [1.82, 2.24) is 4.31 Å². The zero-order valence-electron chi connectivity index (χ0n) is 16.3. The van der Waals surface area contributed by atoms with Gasteiger partial charge in [0, 0.05) is 11.4 Å². The summed E-state index contributed by atoms with van der Waals surface area (Å²) in [5.41, 5.74) is 3.50. The van der Waals surface area contributed by atoms with Crippen LogP contribution in [0.2, 0.25) is 0 Å². The first-order valence-corrected chi connectivity index (χ1v) is 12.3. The average molecular weight is 430 g/mol. The van der Waals surface area contributed by atoms with E-state index >= 15 is 0 Å². The molecule has 0 unspecified atom stereocenters. The number of carbonyl (C=O) groups is 1. The third-order valence-electron chi connectivity index (χ3n) is 5.75. The molecule has 1 aromatic carbocycles. The van der Waals surface area contributed by atoms with E-state index in [0.29, 0.717) is 17.0 Å². The molecule has 1 aromatic heterocycles. The molecule has 1 aliphatic carbocycles. The Morgan fingerprint density at radius 3 is 2.72 bits per heavy atom. The molecule has 1 N–H and O–H groups in total. The molecular weight excluding hydrogens is 406 g/mol. The third kappa shape index (κ3) is 3.70. The summed E-state index contributed by atoms with van der Waals surface area (Å²) in [6.07, 6.45) is 4.26. The van der Waals surface area contributed by atoms with Gasteiger partial charge in [-0.2, -0.15) is 9.57 Å². The number of carbonyl (C=O) groups excluding carboxylic acids is 1. The molecular formula is C21H23N3O3S2. The molecule has 8 heteroatoms. The van der Waals surface area contributed by atoms with Gasteiger partial charge in [0.1, 0.15) is 17.1 Å². The number of benzene rings is 1. The van der Waals surface area contributed by atoms with E-state index in [1.54, 1.807) is 6.92 Å². The van der Waals surface area contributed by atoms with Gasteiger partial charge in [0.05, 0.1) is 11.3 Å². The van der Waals surface area contributed by atoms with Gasteiger partial charge < -0.3 is 5.32 Å². The summed E-state index contributed by atoms with van der Waals surface area (Å²) in [6, 6.07) is 9.05. The van der Waals surface area contributed by atoms with E-state index in [1.807, 2.05) is 24.3 Å². The number of sulfonamides is 1. The normalized spacial score (nSPS) is 19.1. The van der Waals surface area contributed by atoms with Gasteiger partial charge in [-0.1, -0.05) is 24.3 Å². The topological polar surface area (TPSA) is 90.3 Å². The van der Waals surface area contributed by atoms with Crippen LogP contribution in [0.1, 0.15) is 46.9 Å². The maximum Gasteiger partial charge on any atom is 0.243 e. The van der Waals surface area contributed by atoms with Crippen LogP contribution in [0.3, 0.4) is 0 Å². The van der Waals surface area contributed by atoms with Crippen LogP contribution in [0.25, 0.3) is 0 Å². The highest BCUT2D eigenvalue weighted by Crippen LogP contribution is 2.38. The Labute approximate surface area is 175 Å². The zero-order chi connectivity index (χ0) is 20.6. The second kappa shape index (κ2) is 7.90. The van der Waals surface area contributed by atoms with Crippen molar-refractivity contribution < 1.29 is 13.2 Å². The van der Waals surface area contributed by atoms with E-state index in [1.165, 1.54) is 15.6 Å². The van der Waals surface area contributed by atoms with Crippen LogP contribution in [0.5, 0.6) is 0 Å². The number of hydrogen-bond acceptors (Lipinski definition) is 5. The van der Waals surface area contributed by atoms with E-state index in [4.69, 9.17) is 0 Å². The van der Waals surface area contributed by atoms with Crippen LogP contribution in [-0.4, -0.2) is 30.4 Å². The van der Waals surface area contributed by atoms with Gasteiger partial charge in [-0.05, 0) is 55.7 Å². The third-order valence-corrected chi connectivity index (χ3v) is 8.79. The molecule has 29 heavy (non-hydrogen) atoms. The molecule has 0 radical (unpaired) electrons. The minimum absolute atomic E-state index is 0.0598. The number of nitrogens with one attached hydrogen (secondary N) is 1. The second-order valence-electron chi connectivity index (χ2n) is 7.45. The first kappa shape index (κ1) is 20.1. The monoisotopic (exact) mass is 429 g/mol. The number of amides is 1. The summed E-state index contributed by atoms with van der Waals surface area (Å²) >= 11 is 1.46. The zero-order valence-corrected chi connectivity index (χ0v) is 17.9. The standard InChI is InChI=1S/C21H23N3O3S2/c1-2-29(26,27)24-13-15-8-4-3-7-14(15)11-18(24)20(25)23-21-17(12-22)16-9-5-6-10-19(16)28-21/h3-4,7-8,18H,2,5-6,9-11,13H2,1H3,(H,23,25)/t18-/m0/s1. The fourth-order valence-electron chi connectivity index (χ4n) is 4.15. The predicted molar refractivity (Wildman–Crippen MR) is 113 cm³/mol. The molecule has 2 heterocycles. The van der Waals surface area contributed by atoms with Crippen LogP contribution in [-0.2, 0) is 40.6 Å². The molecule has 0 bridgehead atoms. The minimum Gasteiger partial charge on any atom is -0.315 e. The smallest absolute Gasteiger partial charge is 0.243 e. The first-order chi connectivity index (χ1) is 13.9. The Kier molecular flexibility index (Phi) is 5.47. The number of rotatable bonds is 4. The maximum absolute atomic E-state index is 13.2. The lowest BCUT2D eigenvalue weighted by atomic mass is 9.95. The van der Waals surface area contributed by atoms with Crippen LogP contribution in [0, 0.1) is 11.3 Å². The highest BCUT2D eigenvalue weighted by molar-refractivity contribution is 7.89. The number of nitriles is 1. The van der Waals surface area contributed by atoms with Crippen molar-refractivity contribution in [3.05, 3.63) is 51.4 Å². The summed E-state index contributed by atoms with van der Waals surface area (Å²) in [7, 11) is -3.56. The Bertz CT molecular complexity index is 1100.